The molecule has 0 radical (unpaired) electrons. The summed E-state index contributed by atoms with van der Waals surface area (Å²) in [5.74, 6) is 0.631. The van der Waals surface area contributed by atoms with E-state index in [1.54, 1.807) is 0 Å². The molecule has 0 aliphatic heterocycles. The normalized spacial score (nSPS) is 27.2. The van der Waals surface area contributed by atoms with E-state index in [0.717, 1.165) is 5.02 Å². The molecule has 20 heavy (non-hydrogen) atoms. The minimum atomic E-state index is 0.546. The topological polar surface area (TPSA) is 15.3 Å². The van der Waals surface area contributed by atoms with Gasteiger partial charge in [-0.25, -0.2) is 0 Å². The van der Waals surface area contributed by atoms with Gasteiger partial charge in [0.2, 0.25) is 0 Å². The third-order valence-corrected chi connectivity index (χ3v) is 4.58. The van der Waals surface area contributed by atoms with Gasteiger partial charge in [-0.3, -0.25) is 0 Å². The van der Waals surface area contributed by atoms with Crippen LogP contribution >= 0.6 is 11.6 Å². The van der Waals surface area contributed by atoms with Crippen LogP contribution in [0, 0.1) is 0 Å². The van der Waals surface area contributed by atoms with Gasteiger partial charge in [0.15, 0.2) is 0 Å². The zero-order valence-electron chi connectivity index (χ0n) is 13.1. The fourth-order valence-electron chi connectivity index (χ4n) is 3.40. The smallest absolute Gasteiger partial charge is 0.0408 e. The van der Waals surface area contributed by atoms with Gasteiger partial charge < -0.3 is 10.2 Å². The molecular weight excluding hydrogens is 268 g/mol. The van der Waals surface area contributed by atoms with Crippen molar-refractivity contribution in [1.29, 1.82) is 0 Å². The van der Waals surface area contributed by atoms with Crippen molar-refractivity contribution in [3.8, 4) is 0 Å². The summed E-state index contributed by atoms with van der Waals surface area (Å²) < 4.78 is 0. The Morgan fingerprint density at radius 1 is 1.25 bits per heavy atom. The molecule has 1 saturated carbocycles. The second-order valence-electron chi connectivity index (χ2n) is 6.52. The SMILES string of the molecule is CC(C)N[C@H]1CC[C@H](c2cccc(Cl)c2)C[C@@H]1N(C)C. The van der Waals surface area contributed by atoms with E-state index in [4.69, 9.17) is 11.6 Å². The van der Waals surface area contributed by atoms with Gasteiger partial charge in [-0.1, -0.05) is 37.6 Å². The van der Waals surface area contributed by atoms with Gasteiger partial charge in [0.05, 0.1) is 0 Å². The lowest BCUT2D eigenvalue weighted by atomic mass is 9.78. The Hall–Kier alpha value is -0.570. The molecule has 0 bridgehead atoms. The number of rotatable bonds is 4. The Kier molecular flexibility index (Phi) is 5.48. The largest absolute Gasteiger partial charge is 0.310 e. The van der Waals surface area contributed by atoms with Crippen LogP contribution in [0.4, 0.5) is 0 Å². The molecule has 1 fully saturated rings. The quantitative estimate of drug-likeness (QED) is 0.906. The molecule has 0 amide bonds. The predicted octanol–water partition coefficient (Wildman–Crippen LogP) is 3.90. The summed E-state index contributed by atoms with van der Waals surface area (Å²) in [6, 6.07) is 10.1. The highest BCUT2D eigenvalue weighted by atomic mass is 35.5. The number of benzene rings is 1. The van der Waals surface area contributed by atoms with Crippen LogP contribution in [0.3, 0.4) is 0 Å². The highest BCUT2D eigenvalue weighted by molar-refractivity contribution is 6.30. The summed E-state index contributed by atoms with van der Waals surface area (Å²) >= 11 is 6.14. The van der Waals surface area contributed by atoms with Crippen molar-refractivity contribution in [2.75, 3.05) is 14.1 Å². The first-order valence-corrected chi connectivity index (χ1v) is 8.03. The van der Waals surface area contributed by atoms with Gasteiger partial charge in [0, 0.05) is 23.1 Å². The highest BCUT2D eigenvalue weighted by Crippen LogP contribution is 2.35. The van der Waals surface area contributed by atoms with Gasteiger partial charge in [-0.15, -0.1) is 0 Å². The number of hydrogen-bond acceptors (Lipinski definition) is 2. The van der Waals surface area contributed by atoms with Crippen LogP contribution in [0.2, 0.25) is 5.02 Å². The van der Waals surface area contributed by atoms with E-state index in [9.17, 15) is 0 Å². The van der Waals surface area contributed by atoms with Crippen LogP contribution in [-0.2, 0) is 0 Å². The van der Waals surface area contributed by atoms with Crippen LogP contribution in [0.25, 0.3) is 0 Å². The molecule has 2 nitrogen and oxygen atoms in total. The lowest BCUT2D eigenvalue weighted by Gasteiger charge is -2.41. The number of nitrogens with zero attached hydrogens (tertiary/aromatic N) is 1. The Bertz CT molecular complexity index is 431. The van der Waals surface area contributed by atoms with Crippen molar-refractivity contribution in [3.05, 3.63) is 34.9 Å². The van der Waals surface area contributed by atoms with E-state index in [1.165, 1.54) is 24.8 Å². The first kappa shape index (κ1) is 15.8. The molecule has 0 aromatic heterocycles. The van der Waals surface area contributed by atoms with Crippen LogP contribution < -0.4 is 5.32 Å². The summed E-state index contributed by atoms with van der Waals surface area (Å²) in [5.41, 5.74) is 1.40. The average molecular weight is 295 g/mol. The first-order chi connectivity index (χ1) is 9.47. The molecule has 112 valence electrons. The van der Waals surface area contributed by atoms with Crippen molar-refractivity contribution in [2.45, 2.75) is 57.2 Å². The summed E-state index contributed by atoms with van der Waals surface area (Å²) in [7, 11) is 4.39. The van der Waals surface area contributed by atoms with Gasteiger partial charge >= 0.3 is 0 Å². The minimum Gasteiger partial charge on any atom is -0.310 e. The highest BCUT2D eigenvalue weighted by Gasteiger charge is 2.32. The maximum atomic E-state index is 6.14. The summed E-state index contributed by atoms with van der Waals surface area (Å²) in [4.78, 5) is 2.37. The maximum absolute atomic E-state index is 6.14. The van der Waals surface area contributed by atoms with Crippen LogP contribution in [-0.4, -0.2) is 37.1 Å². The fraction of sp³-hybridized carbons (Fsp3) is 0.647. The van der Waals surface area contributed by atoms with Gasteiger partial charge in [-0.2, -0.15) is 0 Å². The van der Waals surface area contributed by atoms with E-state index < -0.39 is 0 Å². The molecule has 1 aromatic rings. The van der Waals surface area contributed by atoms with Crippen molar-refractivity contribution < 1.29 is 0 Å². The summed E-state index contributed by atoms with van der Waals surface area (Å²) in [6.07, 6.45) is 3.69. The number of halogens is 1. The monoisotopic (exact) mass is 294 g/mol. The van der Waals surface area contributed by atoms with E-state index in [1.807, 2.05) is 6.07 Å². The summed E-state index contributed by atoms with van der Waals surface area (Å²) in [5, 5.41) is 4.58. The lowest BCUT2D eigenvalue weighted by Crippen LogP contribution is -2.52. The van der Waals surface area contributed by atoms with Crippen molar-refractivity contribution in [3.63, 3.8) is 0 Å². The molecule has 0 saturated heterocycles. The molecule has 3 atom stereocenters. The molecule has 3 heteroatoms. The Balaban J connectivity index is 2.10. The molecule has 0 unspecified atom stereocenters. The predicted molar refractivity (Wildman–Crippen MR) is 87.6 cm³/mol. The van der Waals surface area contributed by atoms with Crippen LogP contribution in [0.1, 0.15) is 44.6 Å². The molecule has 1 aromatic carbocycles. The standard InChI is InChI=1S/C17H27ClN2/c1-12(2)19-16-9-8-14(11-17(16)20(3)4)13-6-5-7-15(18)10-13/h5-7,10,12,14,16-17,19H,8-9,11H2,1-4H3/t14-,16-,17-/m0/s1. The second kappa shape index (κ2) is 6.93. The third kappa shape index (κ3) is 3.97. The Labute approximate surface area is 128 Å². The molecule has 1 N–H and O–H groups in total. The van der Waals surface area contributed by atoms with Crippen molar-refractivity contribution >= 4 is 11.6 Å². The van der Waals surface area contributed by atoms with Crippen molar-refractivity contribution in [2.24, 2.45) is 0 Å². The van der Waals surface area contributed by atoms with E-state index in [-0.39, 0.29) is 0 Å². The summed E-state index contributed by atoms with van der Waals surface area (Å²) in [6.45, 7) is 4.46. The average Bonchev–Trinajstić information content (AvgIpc) is 2.38. The number of hydrogen-bond donors (Lipinski definition) is 1. The zero-order valence-corrected chi connectivity index (χ0v) is 13.8. The second-order valence-corrected chi connectivity index (χ2v) is 6.96. The number of likely N-dealkylation sites (N-methyl/N-ethyl adjacent to an activating group) is 1. The molecule has 1 aliphatic carbocycles. The molecule has 0 spiro atoms. The molecule has 1 aliphatic rings. The van der Waals surface area contributed by atoms with Gasteiger partial charge in [0.1, 0.15) is 0 Å². The molecular formula is C17H27ClN2. The Morgan fingerprint density at radius 2 is 2.00 bits per heavy atom. The lowest BCUT2D eigenvalue weighted by molar-refractivity contribution is 0.158. The van der Waals surface area contributed by atoms with Crippen LogP contribution in [0.15, 0.2) is 24.3 Å². The van der Waals surface area contributed by atoms with E-state index >= 15 is 0 Å². The number of nitrogens with one attached hydrogen (secondary N) is 1. The van der Waals surface area contributed by atoms with Gasteiger partial charge in [-0.05, 0) is 57.0 Å². The molecule has 0 heterocycles. The van der Waals surface area contributed by atoms with Crippen LogP contribution in [0.5, 0.6) is 0 Å². The third-order valence-electron chi connectivity index (χ3n) is 4.35. The Morgan fingerprint density at radius 3 is 2.60 bits per heavy atom. The fourth-order valence-corrected chi connectivity index (χ4v) is 3.60. The van der Waals surface area contributed by atoms with Crippen molar-refractivity contribution in [1.82, 2.24) is 10.2 Å². The molecule has 2 rings (SSSR count). The maximum Gasteiger partial charge on any atom is 0.0408 e. The van der Waals surface area contributed by atoms with E-state index in [0.29, 0.717) is 24.0 Å². The zero-order chi connectivity index (χ0) is 14.7. The minimum absolute atomic E-state index is 0.546. The first-order valence-electron chi connectivity index (χ1n) is 7.65. The van der Waals surface area contributed by atoms with Gasteiger partial charge in [0.25, 0.3) is 0 Å². The van der Waals surface area contributed by atoms with E-state index in [2.05, 4.69) is 56.4 Å².